The summed E-state index contributed by atoms with van der Waals surface area (Å²) in [6, 6.07) is 16.1. The lowest BCUT2D eigenvalue weighted by atomic mass is 9.94. The molecule has 1 aliphatic carbocycles. The molecule has 130 valence electrons. The zero-order valence-corrected chi connectivity index (χ0v) is 15.0. The van der Waals surface area contributed by atoms with Crippen LogP contribution in [0.1, 0.15) is 47.9 Å². The lowest BCUT2D eigenvalue weighted by Crippen LogP contribution is -2.34. The molecule has 2 aromatic rings. The fraction of sp³-hybridized carbons (Fsp3) is 0.409. The van der Waals surface area contributed by atoms with E-state index in [0.717, 1.165) is 13.1 Å². The predicted molar refractivity (Wildman–Crippen MR) is 99.5 cm³/mol. The molecule has 3 heteroatoms. The van der Waals surface area contributed by atoms with Gasteiger partial charge in [-0.1, -0.05) is 42.0 Å². The number of methoxy groups -OCH3 is 1. The van der Waals surface area contributed by atoms with E-state index < -0.39 is 0 Å². The first kappa shape index (κ1) is 16.3. The van der Waals surface area contributed by atoms with Gasteiger partial charge in [-0.15, -0.1) is 0 Å². The van der Waals surface area contributed by atoms with Crippen molar-refractivity contribution >= 4 is 5.97 Å². The average molecular weight is 335 g/mol. The number of likely N-dealkylation sites (tertiary alicyclic amines) is 1. The molecule has 4 rings (SSSR count). The van der Waals surface area contributed by atoms with Gasteiger partial charge in [0.05, 0.1) is 13.5 Å². The van der Waals surface area contributed by atoms with E-state index in [2.05, 4.69) is 54.3 Å². The maximum Gasteiger partial charge on any atom is 0.306 e. The Balaban J connectivity index is 1.62. The van der Waals surface area contributed by atoms with E-state index in [1.54, 1.807) is 0 Å². The molecule has 2 aromatic carbocycles. The fourth-order valence-corrected chi connectivity index (χ4v) is 4.46. The lowest BCUT2D eigenvalue weighted by molar-refractivity contribution is -0.141. The van der Waals surface area contributed by atoms with Crippen molar-refractivity contribution in [3.8, 4) is 11.1 Å². The SMILES string of the molecule is COC(=O)CCN1CCC2C[C@H]1c1cc(-c3cccc(C)c3)ccc12. The molecule has 2 bridgehead atoms. The van der Waals surface area contributed by atoms with Crippen LogP contribution in [0.15, 0.2) is 42.5 Å². The van der Waals surface area contributed by atoms with E-state index in [-0.39, 0.29) is 5.97 Å². The minimum Gasteiger partial charge on any atom is -0.469 e. The van der Waals surface area contributed by atoms with Crippen molar-refractivity contribution in [1.82, 2.24) is 4.90 Å². The van der Waals surface area contributed by atoms with E-state index in [0.29, 0.717) is 18.4 Å². The Morgan fingerprint density at radius 2 is 2.00 bits per heavy atom. The zero-order valence-electron chi connectivity index (χ0n) is 15.0. The van der Waals surface area contributed by atoms with Crippen molar-refractivity contribution in [1.29, 1.82) is 0 Å². The van der Waals surface area contributed by atoms with Crippen molar-refractivity contribution in [3.63, 3.8) is 0 Å². The van der Waals surface area contributed by atoms with Crippen LogP contribution in [-0.4, -0.2) is 31.1 Å². The van der Waals surface area contributed by atoms with Crippen molar-refractivity contribution in [2.45, 2.75) is 38.1 Å². The third-order valence-corrected chi connectivity index (χ3v) is 5.78. The summed E-state index contributed by atoms with van der Waals surface area (Å²) < 4.78 is 4.81. The number of piperidine rings is 1. The zero-order chi connectivity index (χ0) is 17.4. The number of nitrogens with zero attached hydrogens (tertiary/aromatic N) is 1. The second-order valence-corrected chi connectivity index (χ2v) is 7.31. The van der Waals surface area contributed by atoms with Gasteiger partial charge >= 0.3 is 5.97 Å². The summed E-state index contributed by atoms with van der Waals surface area (Å²) >= 11 is 0. The van der Waals surface area contributed by atoms with Crippen molar-refractivity contribution in [3.05, 3.63) is 59.2 Å². The van der Waals surface area contributed by atoms with Crippen molar-refractivity contribution in [2.24, 2.45) is 0 Å². The minimum absolute atomic E-state index is 0.117. The molecule has 0 aromatic heterocycles. The molecule has 0 saturated carbocycles. The summed E-state index contributed by atoms with van der Waals surface area (Å²) in [4.78, 5) is 14.0. The molecule has 1 fully saturated rings. The summed E-state index contributed by atoms with van der Waals surface area (Å²) in [5, 5.41) is 0. The topological polar surface area (TPSA) is 29.5 Å². The first-order valence-corrected chi connectivity index (χ1v) is 9.17. The van der Waals surface area contributed by atoms with Crippen LogP contribution in [0, 0.1) is 6.92 Å². The van der Waals surface area contributed by atoms with Crippen LogP contribution >= 0.6 is 0 Å². The van der Waals surface area contributed by atoms with Crippen LogP contribution < -0.4 is 0 Å². The lowest BCUT2D eigenvalue weighted by Gasteiger charge is -2.33. The number of carbonyl (C=O) groups is 1. The molecular formula is C22H25NO2. The van der Waals surface area contributed by atoms with Gasteiger partial charge in [0.2, 0.25) is 0 Å². The van der Waals surface area contributed by atoms with Crippen LogP contribution in [0.2, 0.25) is 0 Å². The number of benzene rings is 2. The third-order valence-electron chi connectivity index (χ3n) is 5.78. The van der Waals surface area contributed by atoms with Gasteiger partial charge < -0.3 is 4.74 Å². The summed E-state index contributed by atoms with van der Waals surface area (Å²) in [6.07, 6.45) is 2.85. The Morgan fingerprint density at radius 3 is 2.80 bits per heavy atom. The number of aryl methyl sites for hydroxylation is 1. The highest BCUT2D eigenvalue weighted by molar-refractivity contribution is 5.69. The number of rotatable bonds is 4. The minimum atomic E-state index is -0.117. The number of hydrogen-bond acceptors (Lipinski definition) is 3. The summed E-state index contributed by atoms with van der Waals surface area (Å²) in [5.41, 5.74) is 6.85. The third kappa shape index (κ3) is 3.09. The van der Waals surface area contributed by atoms with Gasteiger partial charge in [0.15, 0.2) is 0 Å². The van der Waals surface area contributed by atoms with Crippen molar-refractivity contribution in [2.75, 3.05) is 20.2 Å². The van der Waals surface area contributed by atoms with E-state index in [1.807, 2.05) is 0 Å². The smallest absolute Gasteiger partial charge is 0.306 e. The highest BCUT2D eigenvalue weighted by atomic mass is 16.5. The molecule has 1 aliphatic heterocycles. The molecule has 2 atom stereocenters. The van der Waals surface area contributed by atoms with Crippen molar-refractivity contribution < 1.29 is 9.53 Å². The first-order chi connectivity index (χ1) is 12.2. The van der Waals surface area contributed by atoms with E-state index >= 15 is 0 Å². The van der Waals surface area contributed by atoms with E-state index in [1.165, 1.54) is 47.8 Å². The molecular weight excluding hydrogens is 310 g/mol. The molecule has 1 saturated heterocycles. The molecule has 0 radical (unpaired) electrons. The van der Waals surface area contributed by atoms with Gasteiger partial charge in [0, 0.05) is 12.6 Å². The average Bonchev–Trinajstić information content (AvgIpc) is 2.93. The number of ether oxygens (including phenoxy) is 1. The molecule has 0 amide bonds. The Hall–Kier alpha value is -2.13. The Morgan fingerprint density at radius 1 is 1.16 bits per heavy atom. The molecule has 1 heterocycles. The maximum atomic E-state index is 11.5. The van der Waals surface area contributed by atoms with Gasteiger partial charge in [-0.3, -0.25) is 9.69 Å². The number of carbonyl (C=O) groups excluding carboxylic acids is 1. The molecule has 1 unspecified atom stereocenters. The van der Waals surface area contributed by atoms with Gasteiger partial charge in [0.1, 0.15) is 0 Å². The van der Waals surface area contributed by atoms with Gasteiger partial charge in [-0.25, -0.2) is 0 Å². The number of esters is 1. The second kappa shape index (κ2) is 6.64. The van der Waals surface area contributed by atoms with Crippen LogP contribution in [0.4, 0.5) is 0 Å². The summed E-state index contributed by atoms with van der Waals surface area (Å²) in [6.45, 7) is 4.00. The molecule has 0 spiro atoms. The Bertz CT molecular complexity index is 798. The van der Waals surface area contributed by atoms with E-state index in [9.17, 15) is 4.79 Å². The standard InChI is InChI=1S/C22H25NO2/c1-15-4-3-5-16(12-15)17-6-7-19-18-8-10-23(11-9-22(24)25-2)21(14-18)20(19)13-17/h3-7,12-13,18,21H,8-11,14H2,1-2H3/t18?,21-/m0/s1. The largest absolute Gasteiger partial charge is 0.469 e. The first-order valence-electron chi connectivity index (χ1n) is 9.17. The Labute approximate surface area is 149 Å². The number of fused-ring (bicyclic) bond motifs is 5. The van der Waals surface area contributed by atoms with Crippen LogP contribution in [0.25, 0.3) is 11.1 Å². The molecule has 0 N–H and O–H groups in total. The van der Waals surface area contributed by atoms with Gasteiger partial charge in [0.25, 0.3) is 0 Å². The predicted octanol–water partition coefficient (Wildman–Crippen LogP) is 4.46. The summed E-state index contributed by atoms with van der Waals surface area (Å²) in [5.74, 6) is 0.565. The molecule has 25 heavy (non-hydrogen) atoms. The molecule has 3 nitrogen and oxygen atoms in total. The fourth-order valence-electron chi connectivity index (χ4n) is 4.46. The normalized spacial score (nSPS) is 21.8. The van der Waals surface area contributed by atoms with Crippen LogP contribution in [-0.2, 0) is 9.53 Å². The number of hydrogen-bond donors (Lipinski definition) is 0. The van der Waals surface area contributed by atoms with E-state index in [4.69, 9.17) is 4.74 Å². The second-order valence-electron chi connectivity index (χ2n) is 7.31. The highest BCUT2D eigenvalue weighted by Crippen LogP contribution is 2.49. The van der Waals surface area contributed by atoms with Crippen LogP contribution in [0.3, 0.4) is 0 Å². The monoisotopic (exact) mass is 335 g/mol. The molecule has 2 aliphatic rings. The van der Waals surface area contributed by atoms with Gasteiger partial charge in [-0.05, 0) is 60.5 Å². The maximum absolute atomic E-state index is 11.5. The van der Waals surface area contributed by atoms with Gasteiger partial charge in [-0.2, -0.15) is 0 Å². The van der Waals surface area contributed by atoms with Crippen LogP contribution in [0.5, 0.6) is 0 Å². The Kier molecular flexibility index (Phi) is 4.34. The highest BCUT2D eigenvalue weighted by Gasteiger charge is 2.38. The summed E-state index contributed by atoms with van der Waals surface area (Å²) in [7, 11) is 1.47. The quantitative estimate of drug-likeness (QED) is 0.773.